The first-order valence-electron chi connectivity index (χ1n) is 4.20. The van der Waals surface area contributed by atoms with Crippen molar-refractivity contribution in [2.24, 2.45) is 0 Å². The van der Waals surface area contributed by atoms with E-state index in [-0.39, 0.29) is 5.97 Å². The third kappa shape index (κ3) is 1.42. The molecule has 0 amide bonds. The molecule has 1 unspecified atom stereocenters. The van der Waals surface area contributed by atoms with Gasteiger partial charge in [-0.25, -0.2) is 4.79 Å². The van der Waals surface area contributed by atoms with Gasteiger partial charge < -0.3 is 4.74 Å². The fourth-order valence-corrected chi connectivity index (χ4v) is 1.33. The normalized spacial score (nSPS) is 32.2. The lowest BCUT2D eigenvalue weighted by Crippen LogP contribution is -2.34. The number of carbonyl (C=O) groups is 1. The van der Waals surface area contributed by atoms with E-state index < -0.39 is 5.60 Å². The van der Waals surface area contributed by atoms with Gasteiger partial charge in [0.1, 0.15) is 5.60 Å². The first-order chi connectivity index (χ1) is 5.62. The maximum Gasteiger partial charge on any atom is 0.331 e. The fraction of sp³-hybridized carbons (Fsp3) is 0.500. The Morgan fingerprint density at radius 2 is 2.25 bits per heavy atom. The van der Waals surface area contributed by atoms with Gasteiger partial charge in [-0.2, -0.15) is 0 Å². The SMILES string of the molecule is C/C=C1/C=CC(=O)OC1(C)CC. The quantitative estimate of drug-likeness (QED) is 0.558. The molecule has 1 rings (SSSR count). The van der Waals surface area contributed by atoms with Gasteiger partial charge in [-0.3, -0.25) is 0 Å². The summed E-state index contributed by atoms with van der Waals surface area (Å²) in [7, 11) is 0. The van der Waals surface area contributed by atoms with Gasteiger partial charge in [-0.15, -0.1) is 0 Å². The molecular weight excluding hydrogens is 152 g/mol. The molecule has 1 heterocycles. The number of hydrogen-bond acceptors (Lipinski definition) is 2. The van der Waals surface area contributed by atoms with Crippen LogP contribution in [0.3, 0.4) is 0 Å². The van der Waals surface area contributed by atoms with E-state index >= 15 is 0 Å². The van der Waals surface area contributed by atoms with Gasteiger partial charge in [0, 0.05) is 6.08 Å². The van der Waals surface area contributed by atoms with Crippen molar-refractivity contribution in [2.45, 2.75) is 32.8 Å². The third-order valence-electron chi connectivity index (χ3n) is 2.32. The van der Waals surface area contributed by atoms with Crippen LogP contribution >= 0.6 is 0 Å². The van der Waals surface area contributed by atoms with Gasteiger partial charge in [-0.05, 0) is 31.9 Å². The van der Waals surface area contributed by atoms with Crippen molar-refractivity contribution in [1.29, 1.82) is 0 Å². The van der Waals surface area contributed by atoms with Gasteiger partial charge in [0.15, 0.2) is 0 Å². The summed E-state index contributed by atoms with van der Waals surface area (Å²) in [5.74, 6) is -0.245. The highest BCUT2D eigenvalue weighted by molar-refractivity contribution is 5.85. The average molecular weight is 166 g/mol. The monoisotopic (exact) mass is 166 g/mol. The summed E-state index contributed by atoms with van der Waals surface area (Å²) in [6.45, 7) is 5.90. The fourth-order valence-electron chi connectivity index (χ4n) is 1.33. The van der Waals surface area contributed by atoms with E-state index in [4.69, 9.17) is 4.74 Å². The molecule has 2 heteroatoms. The lowest BCUT2D eigenvalue weighted by Gasteiger charge is -2.31. The minimum atomic E-state index is -0.416. The molecule has 0 aromatic heterocycles. The molecule has 0 radical (unpaired) electrons. The predicted molar refractivity (Wildman–Crippen MR) is 47.7 cm³/mol. The first kappa shape index (κ1) is 9.04. The maximum atomic E-state index is 11.0. The van der Waals surface area contributed by atoms with E-state index in [1.807, 2.05) is 32.9 Å². The van der Waals surface area contributed by atoms with Crippen LogP contribution in [0.1, 0.15) is 27.2 Å². The van der Waals surface area contributed by atoms with Gasteiger partial charge in [0.2, 0.25) is 0 Å². The summed E-state index contributed by atoms with van der Waals surface area (Å²) >= 11 is 0. The van der Waals surface area contributed by atoms with E-state index in [2.05, 4.69) is 0 Å². The van der Waals surface area contributed by atoms with Crippen LogP contribution in [0.4, 0.5) is 0 Å². The minimum Gasteiger partial charge on any atom is -0.451 e. The molecule has 1 atom stereocenters. The predicted octanol–water partition coefficient (Wildman–Crippen LogP) is 2.21. The second kappa shape index (κ2) is 3.13. The molecule has 1 aliphatic rings. The Morgan fingerprint density at radius 3 is 2.75 bits per heavy atom. The minimum absolute atomic E-state index is 0.245. The second-order valence-corrected chi connectivity index (χ2v) is 3.08. The first-order valence-corrected chi connectivity index (χ1v) is 4.20. The average Bonchev–Trinajstić information content (AvgIpc) is 2.05. The van der Waals surface area contributed by atoms with Crippen LogP contribution in [-0.4, -0.2) is 11.6 Å². The van der Waals surface area contributed by atoms with Crippen molar-refractivity contribution >= 4 is 5.97 Å². The van der Waals surface area contributed by atoms with E-state index in [1.54, 1.807) is 0 Å². The number of allylic oxidation sites excluding steroid dienone is 1. The molecule has 0 bridgehead atoms. The molecule has 66 valence electrons. The van der Waals surface area contributed by atoms with Gasteiger partial charge >= 0.3 is 5.97 Å². The van der Waals surface area contributed by atoms with Crippen molar-refractivity contribution in [3.05, 3.63) is 23.8 Å². The Morgan fingerprint density at radius 1 is 1.58 bits per heavy atom. The molecule has 0 N–H and O–H groups in total. The lowest BCUT2D eigenvalue weighted by molar-refractivity contribution is -0.149. The van der Waals surface area contributed by atoms with Crippen molar-refractivity contribution in [2.75, 3.05) is 0 Å². The molecule has 0 fully saturated rings. The molecule has 0 aromatic carbocycles. The molecule has 12 heavy (non-hydrogen) atoms. The zero-order valence-electron chi connectivity index (χ0n) is 7.76. The zero-order valence-corrected chi connectivity index (χ0v) is 7.76. The van der Waals surface area contributed by atoms with E-state index in [9.17, 15) is 4.79 Å². The highest BCUT2D eigenvalue weighted by Gasteiger charge is 2.31. The van der Waals surface area contributed by atoms with Gasteiger partial charge in [-0.1, -0.05) is 13.0 Å². The smallest absolute Gasteiger partial charge is 0.331 e. The summed E-state index contributed by atoms with van der Waals surface area (Å²) in [5, 5.41) is 0. The molecule has 0 saturated heterocycles. The number of ether oxygens (including phenoxy) is 1. The highest BCUT2D eigenvalue weighted by atomic mass is 16.6. The topological polar surface area (TPSA) is 26.3 Å². The Labute approximate surface area is 72.9 Å². The summed E-state index contributed by atoms with van der Waals surface area (Å²) in [6.07, 6.45) is 6.08. The Hall–Kier alpha value is -1.05. The maximum absolute atomic E-state index is 11.0. The Balaban J connectivity index is 3.01. The van der Waals surface area contributed by atoms with Crippen molar-refractivity contribution in [3.8, 4) is 0 Å². The summed E-state index contributed by atoms with van der Waals surface area (Å²) < 4.78 is 5.23. The number of rotatable bonds is 1. The van der Waals surface area contributed by atoms with Crippen LogP contribution < -0.4 is 0 Å². The van der Waals surface area contributed by atoms with Crippen LogP contribution in [0.2, 0.25) is 0 Å². The molecule has 0 spiro atoms. The molecule has 0 aliphatic carbocycles. The standard InChI is InChI=1S/C10H14O2/c1-4-8-6-7-9(11)12-10(8,3)5-2/h4,6-7H,5H2,1-3H3/b8-4-. The van der Waals surface area contributed by atoms with Gasteiger partial charge in [0.25, 0.3) is 0 Å². The van der Waals surface area contributed by atoms with Crippen molar-refractivity contribution in [1.82, 2.24) is 0 Å². The Bertz CT molecular complexity index is 251. The Kier molecular flexibility index (Phi) is 2.36. The van der Waals surface area contributed by atoms with Crippen molar-refractivity contribution < 1.29 is 9.53 Å². The van der Waals surface area contributed by atoms with E-state index in [0.717, 1.165) is 12.0 Å². The molecular formula is C10H14O2. The third-order valence-corrected chi connectivity index (χ3v) is 2.32. The van der Waals surface area contributed by atoms with Crippen LogP contribution in [0.5, 0.6) is 0 Å². The zero-order chi connectivity index (χ0) is 9.19. The summed E-state index contributed by atoms with van der Waals surface area (Å²) in [4.78, 5) is 11.0. The largest absolute Gasteiger partial charge is 0.451 e. The molecule has 2 nitrogen and oxygen atoms in total. The van der Waals surface area contributed by atoms with E-state index in [0.29, 0.717) is 0 Å². The van der Waals surface area contributed by atoms with E-state index in [1.165, 1.54) is 6.08 Å². The molecule has 1 aliphatic heterocycles. The number of carbonyl (C=O) groups excluding carboxylic acids is 1. The lowest BCUT2D eigenvalue weighted by atomic mass is 9.90. The van der Waals surface area contributed by atoms with Crippen LogP contribution in [0.25, 0.3) is 0 Å². The highest BCUT2D eigenvalue weighted by Crippen LogP contribution is 2.29. The molecule has 0 aromatic rings. The summed E-state index contributed by atoms with van der Waals surface area (Å²) in [5.41, 5.74) is 0.658. The van der Waals surface area contributed by atoms with Gasteiger partial charge in [0.05, 0.1) is 0 Å². The second-order valence-electron chi connectivity index (χ2n) is 3.08. The number of esters is 1. The van der Waals surface area contributed by atoms with Crippen molar-refractivity contribution in [3.63, 3.8) is 0 Å². The number of hydrogen-bond donors (Lipinski definition) is 0. The molecule has 0 saturated carbocycles. The van der Waals surface area contributed by atoms with Crippen LogP contribution in [0.15, 0.2) is 23.8 Å². The van der Waals surface area contributed by atoms with Crippen LogP contribution in [0, 0.1) is 0 Å². The number of cyclic esters (lactones) is 1. The summed E-state index contributed by atoms with van der Waals surface area (Å²) in [6, 6.07) is 0. The van der Waals surface area contributed by atoms with Crippen LogP contribution in [-0.2, 0) is 9.53 Å².